The van der Waals surface area contributed by atoms with E-state index in [1.54, 1.807) is 36.4 Å². The first-order valence-electron chi connectivity index (χ1n) is 10.2. The summed E-state index contributed by atoms with van der Waals surface area (Å²) in [5.41, 5.74) is 1.22. The first-order chi connectivity index (χ1) is 15.8. The second-order valence-electron chi connectivity index (χ2n) is 7.66. The minimum absolute atomic E-state index is 0.0542. The van der Waals surface area contributed by atoms with Crippen molar-refractivity contribution in [3.8, 4) is 17.2 Å². The van der Waals surface area contributed by atoms with Gasteiger partial charge in [-0.15, -0.1) is 0 Å². The average molecular weight is 474 g/mol. The summed E-state index contributed by atoms with van der Waals surface area (Å²) in [7, 11) is -0.0781. The van der Waals surface area contributed by atoms with Gasteiger partial charge in [-0.3, -0.25) is 9.59 Å². The highest BCUT2D eigenvalue weighted by atomic mass is 32.2. The van der Waals surface area contributed by atoms with Crippen molar-refractivity contribution < 1.29 is 36.6 Å². The van der Waals surface area contributed by atoms with Crippen LogP contribution in [0.1, 0.15) is 22.3 Å². The maximum absolute atomic E-state index is 13.1. The van der Waals surface area contributed by atoms with Gasteiger partial charge in [-0.1, -0.05) is 0 Å². The highest BCUT2D eigenvalue weighted by molar-refractivity contribution is 7.91. The summed E-state index contributed by atoms with van der Waals surface area (Å²) >= 11 is 0. The van der Waals surface area contributed by atoms with Crippen LogP contribution >= 0.6 is 0 Å². The lowest BCUT2D eigenvalue weighted by Crippen LogP contribution is -2.38. The Balaban J connectivity index is 1.48. The molecule has 2 heterocycles. The van der Waals surface area contributed by atoms with Crippen molar-refractivity contribution in [3.05, 3.63) is 53.8 Å². The van der Waals surface area contributed by atoms with Gasteiger partial charge < -0.3 is 23.9 Å². The van der Waals surface area contributed by atoms with Crippen molar-refractivity contribution in [3.63, 3.8) is 0 Å². The minimum Gasteiger partial charge on any atom is -0.493 e. The molecule has 0 aliphatic carbocycles. The first kappa shape index (κ1) is 22.7. The smallest absolute Gasteiger partial charge is 0.258 e. The molecule has 0 radical (unpaired) electrons. The maximum atomic E-state index is 13.1. The first-order valence-corrected chi connectivity index (χ1v) is 12.0. The van der Waals surface area contributed by atoms with Crippen LogP contribution in [0.2, 0.25) is 0 Å². The van der Waals surface area contributed by atoms with E-state index in [4.69, 9.17) is 18.6 Å². The average Bonchev–Trinajstić information content (AvgIpc) is 3.38. The molecule has 2 aromatic carbocycles. The minimum atomic E-state index is -3.08. The number of carbonyl (C=O) groups excluding carboxylic acids is 2. The number of methoxy groups -OCH3 is 2. The number of carbonyl (C=O) groups is 2. The molecule has 3 aromatic rings. The summed E-state index contributed by atoms with van der Waals surface area (Å²) in [4.78, 5) is 25.2. The van der Waals surface area contributed by atoms with Crippen molar-refractivity contribution in [2.24, 2.45) is 0 Å². The lowest BCUT2D eigenvalue weighted by molar-refractivity contribution is -0.123. The second kappa shape index (κ2) is 9.14. The molecular weight excluding hydrogens is 450 g/mol. The standard InChI is InChI=1S/C23H23NO8S/c1-29-20-5-3-14(9-21(20)30-2)23(26)18-11-32-19-6-4-16(10-17(18)19)31-12-22(25)24-15-7-8-33(27,28)13-15/h3-6,9-11,15H,7-8,12-13H2,1-2H3,(H,24,25)/t15-/m1/s1. The predicted octanol–water partition coefficient (Wildman–Crippen LogP) is 2.36. The monoisotopic (exact) mass is 473 g/mol. The lowest BCUT2D eigenvalue weighted by Gasteiger charge is -2.11. The van der Waals surface area contributed by atoms with Crippen molar-refractivity contribution in [2.75, 3.05) is 32.3 Å². The van der Waals surface area contributed by atoms with Crippen LogP contribution in [0.25, 0.3) is 11.0 Å². The van der Waals surface area contributed by atoms with Crippen LogP contribution in [0.15, 0.2) is 47.1 Å². The highest BCUT2D eigenvalue weighted by Gasteiger charge is 2.29. The van der Waals surface area contributed by atoms with E-state index < -0.39 is 21.8 Å². The van der Waals surface area contributed by atoms with Gasteiger partial charge in [-0.2, -0.15) is 0 Å². The van der Waals surface area contributed by atoms with Gasteiger partial charge in [0.25, 0.3) is 5.91 Å². The van der Waals surface area contributed by atoms with E-state index in [0.717, 1.165) is 0 Å². The number of benzene rings is 2. The van der Waals surface area contributed by atoms with E-state index in [1.165, 1.54) is 20.5 Å². The van der Waals surface area contributed by atoms with Gasteiger partial charge in [-0.05, 0) is 42.8 Å². The number of amides is 1. The Morgan fingerprint density at radius 2 is 1.88 bits per heavy atom. The molecule has 1 aliphatic heterocycles. The fourth-order valence-corrected chi connectivity index (χ4v) is 5.41. The van der Waals surface area contributed by atoms with Gasteiger partial charge in [-0.25, -0.2) is 8.42 Å². The Hall–Kier alpha value is -3.53. The molecule has 1 aromatic heterocycles. The largest absolute Gasteiger partial charge is 0.493 e. The van der Waals surface area contributed by atoms with E-state index in [1.807, 2.05) is 0 Å². The molecule has 0 saturated carbocycles. The number of sulfone groups is 1. The molecule has 1 amide bonds. The Morgan fingerprint density at radius 1 is 1.09 bits per heavy atom. The quantitative estimate of drug-likeness (QED) is 0.495. The number of fused-ring (bicyclic) bond motifs is 1. The molecule has 0 spiro atoms. The number of ether oxygens (including phenoxy) is 3. The maximum Gasteiger partial charge on any atom is 0.258 e. The van der Waals surface area contributed by atoms with E-state index in [-0.39, 0.29) is 23.9 Å². The Morgan fingerprint density at radius 3 is 2.58 bits per heavy atom. The zero-order valence-corrected chi connectivity index (χ0v) is 18.9. The summed E-state index contributed by atoms with van der Waals surface area (Å²) in [6, 6.07) is 9.39. The third-order valence-electron chi connectivity index (χ3n) is 5.40. The lowest BCUT2D eigenvalue weighted by atomic mass is 10.0. The summed E-state index contributed by atoms with van der Waals surface area (Å²) in [5.74, 6) is 0.655. The summed E-state index contributed by atoms with van der Waals surface area (Å²) in [5, 5.41) is 3.21. The molecule has 1 atom stereocenters. The Labute approximate surface area is 190 Å². The molecule has 0 bridgehead atoms. The number of furan rings is 1. The molecule has 174 valence electrons. The molecule has 33 heavy (non-hydrogen) atoms. The highest BCUT2D eigenvalue weighted by Crippen LogP contribution is 2.31. The molecule has 10 heteroatoms. The van der Waals surface area contributed by atoms with Gasteiger partial charge in [0.1, 0.15) is 17.6 Å². The van der Waals surface area contributed by atoms with Gasteiger partial charge in [0.05, 0.1) is 31.3 Å². The van der Waals surface area contributed by atoms with Crippen LogP contribution < -0.4 is 19.5 Å². The van der Waals surface area contributed by atoms with Gasteiger partial charge in [0.2, 0.25) is 0 Å². The molecular formula is C23H23NO8S. The van der Waals surface area contributed by atoms with E-state index in [9.17, 15) is 18.0 Å². The summed E-state index contributed by atoms with van der Waals surface area (Å²) < 4.78 is 44.6. The van der Waals surface area contributed by atoms with Gasteiger partial charge in [0.15, 0.2) is 33.7 Å². The fourth-order valence-electron chi connectivity index (χ4n) is 3.73. The van der Waals surface area contributed by atoms with Gasteiger partial charge in [0, 0.05) is 17.0 Å². The SMILES string of the molecule is COc1ccc(C(=O)c2coc3ccc(OCC(=O)N[C@@H]4CCS(=O)(=O)C4)cc23)cc1OC. The van der Waals surface area contributed by atoms with Crippen LogP contribution in [-0.4, -0.2) is 58.5 Å². The van der Waals surface area contributed by atoms with Crippen molar-refractivity contribution >= 4 is 32.5 Å². The molecule has 1 N–H and O–H groups in total. The predicted molar refractivity (Wildman–Crippen MR) is 120 cm³/mol. The van der Waals surface area contributed by atoms with Gasteiger partial charge >= 0.3 is 0 Å². The number of hydrogen-bond donors (Lipinski definition) is 1. The number of nitrogens with one attached hydrogen (secondary N) is 1. The molecule has 1 saturated heterocycles. The van der Waals surface area contributed by atoms with Crippen LogP contribution in [0.3, 0.4) is 0 Å². The molecule has 9 nitrogen and oxygen atoms in total. The van der Waals surface area contributed by atoms with Crippen molar-refractivity contribution in [1.29, 1.82) is 0 Å². The summed E-state index contributed by atoms with van der Waals surface area (Å²) in [6.45, 7) is -0.279. The Bertz CT molecular complexity index is 1310. The molecule has 0 unspecified atom stereocenters. The van der Waals surface area contributed by atoms with Crippen LogP contribution in [0.4, 0.5) is 0 Å². The van der Waals surface area contributed by atoms with Crippen LogP contribution in [0.5, 0.6) is 17.2 Å². The fraction of sp³-hybridized carbons (Fsp3) is 0.304. The van der Waals surface area contributed by atoms with E-state index in [0.29, 0.717) is 45.8 Å². The third kappa shape index (κ3) is 4.95. The molecule has 4 rings (SSSR count). The second-order valence-corrected chi connectivity index (χ2v) is 9.89. The third-order valence-corrected chi connectivity index (χ3v) is 7.17. The summed E-state index contributed by atoms with van der Waals surface area (Å²) in [6.07, 6.45) is 1.78. The topological polar surface area (TPSA) is 121 Å². The number of hydrogen-bond acceptors (Lipinski definition) is 8. The normalized spacial score (nSPS) is 17.0. The molecule has 1 aliphatic rings. The van der Waals surface area contributed by atoms with E-state index >= 15 is 0 Å². The Kier molecular flexibility index (Phi) is 6.28. The van der Waals surface area contributed by atoms with Crippen LogP contribution in [0, 0.1) is 0 Å². The molecule has 1 fully saturated rings. The van der Waals surface area contributed by atoms with Crippen LogP contribution in [-0.2, 0) is 14.6 Å². The van der Waals surface area contributed by atoms with Crippen molar-refractivity contribution in [1.82, 2.24) is 5.32 Å². The van der Waals surface area contributed by atoms with Crippen molar-refractivity contribution in [2.45, 2.75) is 12.5 Å². The number of ketones is 1. The zero-order valence-electron chi connectivity index (χ0n) is 18.1. The zero-order chi connectivity index (χ0) is 23.6. The van der Waals surface area contributed by atoms with E-state index in [2.05, 4.69) is 5.32 Å². The number of rotatable bonds is 8.